The molecule has 3 rings (SSSR count). The van der Waals surface area contributed by atoms with Crippen LogP contribution in [0.2, 0.25) is 5.02 Å². The van der Waals surface area contributed by atoms with Gasteiger partial charge in [-0.1, -0.05) is 35.7 Å². The van der Waals surface area contributed by atoms with E-state index in [2.05, 4.69) is 10.5 Å². The highest BCUT2D eigenvalue weighted by Gasteiger charge is 2.32. The summed E-state index contributed by atoms with van der Waals surface area (Å²) < 4.78 is 13.8. The molecule has 1 atom stereocenters. The van der Waals surface area contributed by atoms with Gasteiger partial charge in [0, 0.05) is 12.5 Å². The van der Waals surface area contributed by atoms with E-state index in [4.69, 9.17) is 16.4 Å². The van der Waals surface area contributed by atoms with Crippen LogP contribution in [0.25, 0.3) is 0 Å². The first-order chi connectivity index (χ1) is 10.1. The van der Waals surface area contributed by atoms with E-state index in [-0.39, 0.29) is 29.0 Å². The van der Waals surface area contributed by atoms with Crippen LogP contribution < -0.4 is 5.32 Å². The number of benzene rings is 1. The summed E-state index contributed by atoms with van der Waals surface area (Å²) in [5.74, 6) is -0.644. The molecular formula is C15H16ClFN2O2. The number of amides is 1. The standard InChI is InChI=1S/C15H16ClFN2O2/c16-10-6-3-7-11(17)14(10)12-8-13(21-19-12)15(20)18-9-4-1-2-5-9/h3,6-7,9,13H,1-2,4-5,8H2,(H,18,20). The second kappa shape index (κ2) is 6.02. The minimum atomic E-state index is -0.698. The third kappa shape index (κ3) is 3.02. The highest BCUT2D eigenvalue weighted by atomic mass is 35.5. The van der Waals surface area contributed by atoms with Crippen LogP contribution in [0, 0.1) is 5.82 Å². The normalized spacial score (nSPS) is 22.0. The van der Waals surface area contributed by atoms with Gasteiger partial charge in [-0.3, -0.25) is 4.79 Å². The first-order valence-electron chi connectivity index (χ1n) is 7.12. The zero-order valence-corrected chi connectivity index (χ0v) is 12.2. The van der Waals surface area contributed by atoms with Crippen LogP contribution in [0.4, 0.5) is 4.39 Å². The largest absolute Gasteiger partial charge is 0.382 e. The average Bonchev–Trinajstić information content (AvgIpc) is 3.10. The summed E-state index contributed by atoms with van der Waals surface area (Å²) in [6, 6.07) is 4.66. The van der Waals surface area contributed by atoms with E-state index in [0.29, 0.717) is 5.71 Å². The van der Waals surface area contributed by atoms with Gasteiger partial charge in [0.05, 0.1) is 16.3 Å². The molecular weight excluding hydrogens is 295 g/mol. The van der Waals surface area contributed by atoms with Crippen molar-refractivity contribution in [1.29, 1.82) is 0 Å². The van der Waals surface area contributed by atoms with Gasteiger partial charge >= 0.3 is 0 Å². The van der Waals surface area contributed by atoms with Crippen molar-refractivity contribution in [2.24, 2.45) is 5.16 Å². The predicted octanol–water partition coefficient (Wildman–Crippen LogP) is 3.03. The van der Waals surface area contributed by atoms with Crippen molar-refractivity contribution < 1.29 is 14.0 Å². The van der Waals surface area contributed by atoms with Crippen molar-refractivity contribution >= 4 is 23.2 Å². The van der Waals surface area contributed by atoms with E-state index in [9.17, 15) is 9.18 Å². The summed E-state index contributed by atoms with van der Waals surface area (Å²) in [4.78, 5) is 17.3. The van der Waals surface area contributed by atoms with Crippen molar-refractivity contribution in [2.75, 3.05) is 0 Å². The zero-order chi connectivity index (χ0) is 14.8. The summed E-state index contributed by atoms with van der Waals surface area (Å²) >= 11 is 6.00. The molecule has 1 aliphatic carbocycles. The van der Waals surface area contributed by atoms with Gasteiger partial charge in [-0.2, -0.15) is 0 Å². The van der Waals surface area contributed by atoms with Gasteiger partial charge in [-0.05, 0) is 25.0 Å². The van der Waals surface area contributed by atoms with Crippen LogP contribution in [-0.4, -0.2) is 23.8 Å². The Balaban J connectivity index is 1.65. The number of carbonyl (C=O) groups is 1. The number of carbonyl (C=O) groups excluding carboxylic acids is 1. The van der Waals surface area contributed by atoms with Crippen LogP contribution in [0.5, 0.6) is 0 Å². The Morgan fingerprint density at radius 2 is 2.14 bits per heavy atom. The lowest BCUT2D eigenvalue weighted by molar-refractivity contribution is -0.131. The fourth-order valence-electron chi connectivity index (χ4n) is 2.80. The van der Waals surface area contributed by atoms with E-state index in [1.54, 1.807) is 6.07 Å². The Morgan fingerprint density at radius 3 is 2.86 bits per heavy atom. The Kier molecular flexibility index (Phi) is 4.10. The molecule has 1 heterocycles. The molecule has 0 aromatic heterocycles. The van der Waals surface area contributed by atoms with Crippen LogP contribution in [-0.2, 0) is 9.63 Å². The van der Waals surface area contributed by atoms with Gasteiger partial charge in [-0.25, -0.2) is 4.39 Å². The van der Waals surface area contributed by atoms with Gasteiger partial charge in [0.15, 0.2) is 0 Å². The molecule has 1 amide bonds. The molecule has 0 saturated heterocycles. The summed E-state index contributed by atoms with van der Waals surface area (Å²) in [6.45, 7) is 0. The highest BCUT2D eigenvalue weighted by Crippen LogP contribution is 2.26. The number of hydrogen-bond donors (Lipinski definition) is 1. The molecule has 1 aliphatic heterocycles. The molecule has 1 aromatic rings. The van der Waals surface area contributed by atoms with Gasteiger partial charge < -0.3 is 10.2 Å². The molecule has 1 aromatic carbocycles. The molecule has 112 valence electrons. The highest BCUT2D eigenvalue weighted by molar-refractivity contribution is 6.34. The Labute approximate surface area is 127 Å². The van der Waals surface area contributed by atoms with E-state index >= 15 is 0 Å². The molecule has 21 heavy (non-hydrogen) atoms. The van der Waals surface area contributed by atoms with Crippen LogP contribution >= 0.6 is 11.6 Å². The number of rotatable bonds is 3. The maximum Gasteiger partial charge on any atom is 0.264 e. The molecule has 0 radical (unpaired) electrons. The SMILES string of the molecule is O=C(NC1CCCC1)C1CC(c2c(F)cccc2Cl)=NO1. The molecule has 2 aliphatic rings. The van der Waals surface area contributed by atoms with Gasteiger partial charge in [0.25, 0.3) is 5.91 Å². The Hall–Kier alpha value is -1.62. The first-order valence-corrected chi connectivity index (χ1v) is 7.50. The molecule has 0 spiro atoms. The van der Waals surface area contributed by atoms with Gasteiger partial charge in [-0.15, -0.1) is 0 Å². The average molecular weight is 311 g/mol. The maximum atomic E-state index is 13.8. The third-order valence-electron chi connectivity index (χ3n) is 3.91. The molecule has 1 saturated carbocycles. The number of oxime groups is 1. The lowest BCUT2D eigenvalue weighted by atomic mass is 10.0. The van der Waals surface area contributed by atoms with E-state index in [1.165, 1.54) is 12.1 Å². The quantitative estimate of drug-likeness (QED) is 0.933. The predicted molar refractivity (Wildman–Crippen MR) is 77.8 cm³/mol. The topological polar surface area (TPSA) is 50.7 Å². The minimum absolute atomic E-state index is 0.187. The van der Waals surface area contributed by atoms with Gasteiger partial charge in [0.1, 0.15) is 5.82 Å². The monoisotopic (exact) mass is 310 g/mol. The second-order valence-corrected chi connectivity index (χ2v) is 5.83. The summed E-state index contributed by atoms with van der Waals surface area (Å²) in [5, 5.41) is 7.07. The summed E-state index contributed by atoms with van der Waals surface area (Å²) in [5.41, 5.74) is 0.597. The third-order valence-corrected chi connectivity index (χ3v) is 4.23. The van der Waals surface area contributed by atoms with Gasteiger partial charge in [0.2, 0.25) is 6.10 Å². The number of nitrogens with zero attached hydrogens (tertiary/aromatic N) is 1. The zero-order valence-electron chi connectivity index (χ0n) is 11.4. The van der Waals surface area contributed by atoms with Crippen molar-refractivity contribution in [3.63, 3.8) is 0 Å². The number of nitrogens with one attached hydrogen (secondary N) is 1. The number of halogens is 2. The molecule has 6 heteroatoms. The lowest BCUT2D eigenvalue weighted by Crippen LogP contribution is -2.40. The maximum absolute atomic E-state index is 13.8. The van der Waals surface area contributed by atoms with E-state index in [1.807, 2.05) is 0 Å². The summed E-state index contributed by atoms with van der Waals surface area (Å²) in [7, 11) is 0. The first kappa shape index (κ1) is 14.3. The molecule has 1 unspecified atom stereocenters. The van der Waals surface area contributed by atoms with Crippen molar-refractivity contribution in [3.05, 3.63) is 34.6 Å². The fraction of sp³-hybridized carbons (Fsp3) is 0.467. The number of hydrogen-bond acceptors (Lipinski definition) is 3. The van der Waals surface area contributed by atoms with Crippen molar-refractivity contribution in [3.8, 4) is 0 Å². The molecule has 4 nitrogen and oxygen atoms in total. The lowest BCUT2D eigenvalue weighted by Gasteiger charge is -2.14. The van der Waals surface area contributed by atoms with E-state index < -0.39 is 11.9 Å². The van der Waals surface area contributed by atoms with Crippen molar-refractivity contribution in [2.45, 2.75) is 44.2 Å². The van der Waals surface area contributed by atoms with Crippen molar-refractivity contribution in [1.82, 2.24) is 5.32 Å². The Bertz CT molecular complexity index is 565. The van der Waals surface area contributed by atoms with E-state index in [0.717, 1.165) is 25.7 Å². The smallest absolute Gasteiger partial charge is 0.264 e. The van der Waals surface area contributed by atoms with Crippen LogP contribution in [0.15, 0.2) is 23.4 Å². The van der Waals surface area contributed by atoms with Crippen LogP contribution in [0.1, 0.15) is 37.7 Å². The minimum Gasteiger partial charge on any atom is -0.382 e. The van der Waals surface area contributed by atoms with Crippen LogP contribution in [0.3, 0.4) is 0 Å². The molecule has 0 bridgehead atoms. The molecule has 1 N–H and O–H groups in total. The fourth-order valence-corrected chi connectivity index (χ4v) is 3.08. The second-order valence-electron chi connectivity index (χ2n) is 5.42. The molecule has 1 fully saturated rings. The summed E-state index contributed by atoms with van der Waals surface area (Å²) in [6.07, 6.45) is 3.83. The Morgan fingerprint density at radius 1 is 1.38 bits per heavy atom.